The van der Waals surface area contributed by atoms with Crippen LogP contribution in [-0.4, -0.2) is 30.8 Å². The number of rotatable bonds is 9. The molecule has 0 aromatic heterocycles. The lowest BCUT2D eigenvalue weighted by Gasteiger charge is -2.06. The molecule has 0 heterocycles. The largest absolute Gasteiger partial charge is 0.478 e. The molecular weight excluding hydrogens is 230 g/mol. The summed E-state index contributed by atoms with van der Waals surface area (Å²) in [4.78, 5) is 10.7. The van der Waals surface area contributed by atoms with E-state index in [2.05, 4.69) is 12.2 Å². The van der Waals surface area contributed by atoms with Crippen molar-refractivity contribution >= 4 is 5.97 Å². The van der Waals surface area contributed by atoms with Crippen LogP contribution >= 0.6 is 0 Å². The van der Waals surface area contributed by atoms with Gasteiger partial charge < -0.3 is 15.2 Å². The minimum Gasteiger partial charge on any atom is -0.478 e. The Labute approximate surface area is 108 Å². The summed E-state index contributed by atoms with van der Waals surface area (Å²) in [6.45, 7) is 5.22. The smallest absolute Gasteiger partial charge is 0.335 e. The summed E-state index contributed by atoms with van der Waals surface area (Å²) in [6.07, 6.45) is 2.26. The Morgan fingerprint density at radius 2 is 2.00 bits per heavy atom. The molecule has 1 rings (SSSR count). The zero-order valence-corrected chi connectivity index (χ0v) is 10.8. The van der Waals surface area contributed by atoms with Gasteiger partial charge in [0.15, 0.2) is 0 Å². The van der Waals surface area contributed by atoms with E-state index in [0.29, 0.717) is 12.2 Å². The molecule has 18 heavy (non-hydrogen) atoms. The molecule has 4 nitrogen and oxygen atoms in total. The standard InChI is InChI=1S/C14H21NO3/c1-2-3-9-18-10-8-15-11-12-4-6-13(7-5-12)14(16)17/h4-7,15H,2-3,8-11H2,1H3,(H,16,17). The third kappa shape index (κ3) is 5.80. The Hall–Kier alpha value is -1.39. The summed E-state index contributed by atoms with van der Waals surface area (Å²) in [5, 5.41) is 12.0. The maximum absolute atomic E-state index is 10.7. The summed E-state index contributed by atoms with van der Waals surface area (Å²) in [5.41, 5.74) is 1.40. The molecule has 0 spiro atoms. The van der Waals surface area contributed by atoms with Gasteiger partial charge in [-0.3, -0.25) is 0 Å². The number of carboxylic acid groups (broad SMARTS) is 1. The quantitative estimate of drug-likeness (QED) is 0.661. The van der Waals surface area contributed by atoms with Gasteiger partial charge in [-0.2, -0.15) is 0 Å². The zero-order chi connectivity index (χ0) is 13.2. The number of hydrogen-bond acceptors (Lipinski definition) is 3. The van der Waals surface area contributed by atoms with Crippen LogP contribution in [-0.2, 0) is 11.3 Å². The van der Waals surface area contributed by atoms with Gasteiger partial charge >= 0.3 is 5.97 Å². The zero-order valence-electron chi connectivity index (χ0n) is 10.8. The highest BCUT2D eigenvalue weighted by Crippen LogP contribution is 2.03. The molecule has 0 unspecified atom stereocenters. The minimum absolute atomic E-state index is 0.321. The molecule has 0 saturated heterocycles. The molecule has 1 aromatic carbocycles. The lowest BCUT2D eigenvalue weighted by atomic mass is 10.1. The fraction of sp³-hybridized carbons (Fsp3) is 0.500. The number of aromatic carboxylic acids is 1. The van der Waals surface area contributed by atoms with Crippen molar-refractivity contribution < 1.29 is 14.6 Å². The molecule has 0 bridgehead atoms. The van der Waals surface area contributed by atoms with E-state index in [0.717, 1.165) is 38.1 Å². The van der Waals surface area contributed by atoms with Crippen molar-refractivity contribution in [2.24, 2.45) is 0 Å². The molecule has 1 aromatic rings. The molecule has 100 valence electrons. The first-order chi connectivity index (χ1) is 8.74. The summed E-state index contributed by atoms with van der Waals surface area (Å²) < 4.78 is 5.42. The fourth-order valence-electron chi connectivity index (χ4n) is 1.49. The van der Waals surface area contributed by atoms with Crippen LogP contribution in [0.5, 0.6) is 0 Å². The Bertz CT molecular complexity index is 349. The van der Waals surface area contributed by atoms with E-state index in [-0.39, 0.29) is 0 Å². The van der Waals surface area contributed by atoms with Crippen LogP contribution in [0.2, 0.25) is 0 Å². The average Bonchev–Trinajstić information content (AvgIpc) is 2.38. The van der Waals surface area contributed by atoms with E-state index in [4.69, 9.17) is 9.84 Å². The summed E-state index contributed by atoms with van der Waals surface area (Å²) in [6, 6.07) is 6.90. The molecule has 0 radical (unpaired) electrons. The Morgan fingerprint density at radius 1 is 1.28 bits per heavy atom. The summed E-state index contributed by atoms with van der Waals surface area (Å²) in [7, 11) is 0. The van der Waals surface area contributed by atoms with E-state index >= 15 is 0 Å². The maximum atomic E-state index is 10.7. The highest BCUT2D eigenvalue weighted by molar-refractivity contribution is 5.87. The number of carbonyl (C=O) groups is 1. The van der Waals surface area contributed by atoms with E-state index < -0.39 is 5.97 Å². The molecule has 0 amide bonds. The lowest BCUT2D eigenvalue weighted by molar-refractivity contribution is 0.0697. The van der Waals surface area contributed by atoms with Crippen LogP contribution in [0.1, 0.15) is 35.7 Å². The van der Waals surface area contributed by atoms with Gasteiger partial charge in [0.05, 0.1) is 12.2 Å². The van der Waals surface area contributed by atoms with E-state index in [1.54, 1.807) is 12.1 Å². The number of hydrogen-bond donors (Lipinski definition) is 2. The second-order valence-corrected chi connectivity index (χ2v) is 4.14. The van der Waals surface area contributed by atoms with E-state index in [9.17, 15) is 4.79 Å². The second-order valence-electron chi connectivity index (χ2n) is 4.14. The van der Waals surface area contributed by atoms with Gasteiger partial charge in [-0.1, -0.05) is 25.5 Å². The highest BCUT2D eigenvalue weighted by atomic mass is 16.5. The van der Waals surface area contributed by atoms with Gasteiger partial charge in [-0.25, -0.2) is 4.79 Å². The molecule has 2 N–H and O–H groups in total. The maximum Gasteiger partial charge on any atom is 0.335 e. The molecule has 4 heteroatoms. The number of unbranched alkanes of at least 4 members (excludes halogenated alkanes) is 1. The number of ether oxygens (including phenoxy) is 1. The van der Waals surface area contributed by atoms with Crippen molar-refractivity contribution in [1.29, 1.82) is 0 Å². The van der Waals surface area contributed by atoms with Crippen molar-refractivity contribution in [2.45, 2.75) is 26.3 Å². The average molecular weight is 251 g/mol. The normalized spacial score (nSPS) is 10.5. The van der Waals surface area contributed by atoms with Crippen LogP contribution in [0.25, 0.3) is 0 Å². The molecule has 0 aliphatic heterocycles. The molecule has 0 aliphatic rings. The Morgan fingerprint density at radius 3 is 2.61 bits per heavy atom. The highest BCUT2D eigenvalue weighted by Gasteiger charge is 2.01. The van der Waals surface area contributed by atoms with Gasteiger partial charge in [0.25, 0.3) is 0 Å². The SMILES string of the molecule is CCCCOCCNCc1ccc(C(=O)O)cc1. The van der Waals surface area contributed by atoms with Crippen LogP contribution in [0, 0.1) is 0 Å². The van der Waals surface area contributed by atoms with Gasteiger partial charge in [-0.05, 0) is 24.1 Å². The van der Waals surface area contributed by atoms with Crippen molar-refractivity contribution in [3.63, 3.8) is 0 Å². The van der Waals surface area contributed by atoms with Crippen LogP contribution in [0.3, 0.4) is 0 Å². The summed E-state index contributed by atoms with van der Waals surface area (Å²) >= 11 is 0. The first-order valence-corrected chi connectivity index (χ1v) is 6.34. The van der Waals surface area contributed by atoms with Crippen molar-refractivity contribution in [3.05, 3.63) is 35.4 Å². The molecular formula is C14H21NO3. The number of nitrogens with one attached hydrogen (secondary N) is 1. The summed E-state index contributed by atoms with van der Waals surface area (Å²) in [5.74, 6) is -0.890. The van der Waals surface area contributed by atoms with E-state index in [1.165, 1.54) is 0 Å². The topological polar surface area (TPSA) is 58.6 Å². The Balaban J connectivity index is 2.14. The lowest BCUT2D eigenvalue weighted by Crippen LogP contribution is -2.19. The van der Waals surface area contributed by atoms with Crippen LogP contribution in [0.4, 0.5) is 0 Å². The predicted octanol–water partition coefficient (Wildman–Crippen LogP) is 2.29. The molecule has 0 fully saturated rings. The van der Waals surface area contributed by atoms with Crippen molar-refractivity contribution in [2.75, 3.05) is 19.8 Å². The first-order valence-electron chi connectivity index (χ1n) is 6.34. The molecule has 0 aliphatic carbocycles. The van der Waals surface area contributed by atoms with Gasteiger partial charge in [0.2, 0.25) is 0 Å². The first kappa shape index (κ1) is 14.7. The van der Waals surface area contributed by atoms with Crippen LogP contribution < -0.4 is 5.32 Å². The monoisotopic (exact) mass is 251 g/mol. The minimum atomic E-state index is -0.890. The fourth-order valence-corrected chi connectivity index (χ4v) is 1.49. The third-order valence-corrected chi connectivity index (χ3v) is 2.60. The number of carboxylic acids is 1. The van der Waals surface area contributed by atoms with Gasteiger partial charge in [-0.15, -0.1) is 0 Å². The van der Waals surface area contributed by atoms with Crippen molar-refractivity contribution in [3.8, 4) is 0 Å². The van der Waals surface area contributed by atoms with Crippen molar-refractivity contribution in [1.82, 2.24) is 5.32 Å². The van der Waals surface area contributed by atoms with E-state index in [1.807, 2.05) is 12.1 Å². The molecule has 0 saturated carbocycles. The van der Waals surface area contributed by atoms with Gasteiger partial charge in [0, 0.05) is 19.7 Å². The third-order valence-electron chi connectivity index (χ3n) is 2.60. The second kappa shape index (κ2) is 8.66. The molecule has 0 atom stereocenters. The predicted molar refractivity (Wildman–Crippen MR) is 70.8 cm³/mol. The number of benzene rings is 1. The van der Waals surface area contributed by atoms with Crippen LogP contribution in [0.15, 0.2) is 24.3 Å². The van der Waals surface area contributed by atoms with Gasteiger partial charge in [0.1, 0.15) is 0 Å². The Kier molecular flexibility index (Phi) is 7.06.